The highest BCUT2D eigenvalue weighted by Crippen LogP contribution is 2.29. The largest absolute Gasteiger partial charge is 0.357 e. The third kappa shape index (κ3) is 7.48. The van der Waals surface area contributed by atoms with Crippen LogP contribution in [0.5, 0.6) is 0 Å². The molecule has 2 heterocycles. The van der Waals surface area contributed by atoms with E-state index in [4.69, 9.17) is 4.99 Å². The fourth-order valence-electron chi connectivity index (χ4n) is 3.29. The van der Waals surface area contributed by atoms with Crippen LogP contribution in [0.25, 0.3) is 0 Å². The number of likely N-dealkylation sites (tertiary alicyclic amines) is 1. The standard InChI is InChI=1S/C21H38N4OS2/c1-6-22-20(23-11-15-28(26)21(3,4)5)24-16-18(19-8-7-14-27-19)25-12-9-17(2)10-13-25/h7-8,14,17-18H,6,9-13,15-16H2,1-5H3,(H2,22,23,24). The van der Waals surface area contributed by atoms with Gasteiger partial charge in [0.1, 0.15) is 0 Å². The molecule has 2 N–H and O–H groups in total. The molecule has 1 aliphatic rings. The van der Waals surface area contributed by atoms with Crippen molar-refractivity contribution >= 4 is 28.1 Å². The lowest BCUT2D eigenvalue weighted by Crippen LogP contribution is -2.41. The molecule has 160 valence electrons. The molecule has 2 rings (SSSR count). The summed E-state index contributed by atoms with van der Waals surface area (Å²) in [4.78, 5) is 8.87. The predicted molar refractivity (Wildman–Crippen MR) is 124 cm³/mol. The quantitative estimate of drug-likeness (QED) is 0.492. The van der Waals surface area contributed by atoms with Gasteiger partial charge in [-0.25, -0.2) is 0 Å². The topological polar surface area (TPSA) is 56.7 Å². The van der Waals surface area contributed by atoms with Gasteiger partial charge in [0.15, 0.2) is 5.96 Å². The summed E-state index contributed by atoms with van der Waals surface area (Å²) < 4.78 is 12.1. The highest BCUT2D eigenvalue weighted by molar-refractivity contribution is 7.86. The second-order valence-corrected chi connectivity index (χ2v) is 11.9. The van der Waals surface area contributed by atoms with Crippen LogP contribution < -0.4 is 10.6 Å². The molecule has 1 fully saturated rings. The van der Waals surface area contributed by atoms with Crippen molar-refractivity contribution in [3.8, 4) is 0 Å². The van der Waals surface area contributed by atoms with Crippen molar-refractivity contribution in [2.45, 2.75) is 58.2 Å². The first-order chi connectivity index (χ1) is 13.3. The number of hydrogen-bond donors (Lipinski definition) is 2. The molecule has 0 aromatic carbocycles. The molecular formula is C21H38N4OS2. The zero-order valence-electron chi connectivity index (χ0n) is 18.2. The monoisotopic (exact) mass is 426 g/mol. The van der Waals surface area contributed by atoms with Gasteiger partial charge in [0.2, 0.25) is 0 Å². The molecule has 2 unspecified atom stereocenters. The van der Waals surface area contributed by atoms with Gasteiger partial charge in [-0.2, -0.15) is 0 Å². The van der Waals surface area contributed by atoms with E-state index in [1.807, 2.05) is 32.1 Å². The molecular weight excluding hydrogens is 388 g/mol. The van der Waals surface area contributed by atoms with Gasteiger partial charge in [-0.15, -0.1) is 11.3 Å². The highest BCUT2D eigenvalue weighted by Gasteiger charge is 2.25. The zero-order valence-corrected chi connectivity index (χ0v) is 19.8. The molecule has 1 saturated heterocycles. The summed E-state index contributed by atoms with van der Waals surface area (Å²) in [5.74, 6) is 2.28. The lowest BCUT2D eigenvalue weighted by atomic mass is 9.97. The van der Waals surface area contributed by atoms with Gasteiger partial charge < -0.3 is 10.6 Å². The van der Waals surface area contributed by atoms with Crippen LogP contribution in [0.3, 0.4) is 0 Å². The smallest absolute Gasteiger partial charge is 0.191 e. The number of thiophene rings is 1. The molecule has 1 aliphatic heterocycles. The van der Waals surface area contributed by atoms with Gasteiger partial charge in [-0.1, -0.05) is 13.0 Å². The highest BCUT2D eigenvalue weighted by atomic mass is 32.2. The summed E-state index contributed by atoms with van der Waals surface area (Å²) in [5, 5.41) is 8.85. The Balaban J connectivity index is 1.99. The molecule has 0 amide bonds. The van der Waals surface area contributed by atoms with E-state index in [0.717, 1.165) is 38.1 Å². The second-order valence-electron chi connectivity index (χ2n) is 8.56. The summed E-state index contributed by atoms with van der Waals surface area (Å²) in [6, 6.07) is 4.70. The van der Waals surface area contributed by atoms with Crippen molar-refractivity contribution in [2.75, 3.05) is 38.5 Å². The van der Waals surface area contributed by atoms with Crippen molar-refractivity contribution in [2.24, 2.45) is 10.9 Å². The number of nitrogens with zero attached hydrogens (tertiary/aromatic N) is 2. The average molecular weight is 427 g/mol. The average Bonchev–Trinajstić information content (AvgIpc) is 3.16. The third-order valence-corrected chi connectivity index (χ3v) is 8.07. The zero-order chi connectivity index (χ0) is 20.6. The minimum Gasteiger partial charge on any atom is -0.357 e. The lowest BCUT2D eigenvalue weighted by molar-refractivity contribution is 0.143. The van der Waals surface area contributed by atoms with Crippen LogP contribution in [0, 0.1) is 5.92 Å². The Kier molecular flexibility index (Phi) is 9.44. The molecule has 0 spiro atoms. The molecule has 0 bridgehead atoms. The van der Waals surface area contributed by atoms with E-state index in [0.29, 0.717) is 18.3 Å². The summed E-state index contributed by atoms with van der Waals surface area (Å²) in [7, 11) is -0.854. The van der Waals surface area contributed by atoms with E-state index >= 15 is 0 Å². The minimum atomic E-state index is -0.854. The Bertz CT molecular complexity index is 617. The van der Waals surface area contributed by atoms with E-state index in [1.165, 1.54) is 17.7 Å². The van der Waals surface area contributed by atoms with Gasteiger partial charge in [0.05, 0.1) is 12.6 Å². The van der Waals surface area contributed by atoms with E-state index < -0.39 is 10.8 Å². The fourth-order valence-corrected chi connectivity index (χ4v) is 5.05. The van der Waals surface area contributed by atoms with E-state index in [-0.39, 0.29) is 4.75 Å². The van der Waals surface area contributed by atoms with Crippen LogP contribution in [0.4, 0.5) is 0 Å². The number of rotatable bonds is 8. The summed E-state index contributed by atoms with van der Waals surface area (Å²) >= 11 is 1.82. The Labute approximate surface area is 177 Å². The third-order valence-electron chi connectivity index (χ3n) is 5.16. The molecule has 0 radical (unpaired) electrons. The number of guanidine groups is 1. The van der Waals surface area contributed by atoms with Crippen LogP contribution in [-0.4, -0.2) is 58.3 Å². The van der Waals surface area contributed by atoms with Crippen LogP contribution in [0.15, 0.2) is 22.5 Å². The second kappa shape index (κ2) is 11.3. The molecule has 28 heavy (non-hydrogen) atoms. The van der Waals surface area contributed by atoms with Crippen LogP contribution >= 0.6 is 11.3 Å². The first-order valence-electron chi connectivity index (χ1n) is 10.5. The number of nitrogens with one attached hydrogen (secondary N) is 2. The minimum absolute atomic E-state index is 0.174. The van der Waals surface area contributed by atoms with Gasteiger partial charge in [-0.3, -0.25) is 14.1 Å². The summed E-state index contributed by atoms with van der Waals surface area (Å²) in [5.41, 5.74) is 0. The lowest BCUT2D eigenvalue weighted by Gasteiger charge is -2.35. The molecule has 0 aliphatic carbocycles. The molecule has 2 atom stereocenters. The van der Waals surface area contributed by atoms with Gasteiger partial charge in [0.25, 0.3) is 0 Å². The Morgan fingerprint density at radius 3 is 2.64 bits per heavy atom. The van der Waals surface area contributed by atoms with Gasteiger partial charge in [0, 0.05) is 39.3 Å². The first-order valence-corrected chi connectivity index (χ1v) is 12.7. The van der Waals surface area contributed by atoms with Crippen LogP contribution in [0.2, 0.25) is 0 Å². The van der Waals surface area contributed by atoms with Crippen molar-refractivity contribution in [1.82, 2.24) is 15.5 Å². The normalized spacial score (nSPS) is 19.4. The van der Waals surface area contributed by atoms with Crippen molar-refractivity contribution < 1.29 is 4.21 Å². The maximum atomic E-state index is 12.3. The number of aliphatic imine (C=N–C) groups is 1. The maximum absolute atomic E-state index is 12.3. The fraction of sp³-hybridized carbons (Fsp3) is 0.762. The van der Waals surface area contributed by atoms with Gasteiger partial charge >= 0.3 is 0 Å². The van der Waals surface area contributed by atoms with E-state index in [9.17, 15) is 4.21 Å². The van der Waals surface area contributed by atoms with Crippen LogP contribution in [0.1, 0.15) is 58.4 Å². The summed E-state index contributed by atoms with van der Waals surface area (Å²) in [6.45, 7) is 15.0. The Morgan fingerprint density at radius 1 is 1.36 bits per heavy atom. The molecule has 0 saturated carbocycles. The van der Waals surface area contributed by atoms with Gasteiger partial charge in [-0.05, 0) is 71.0 Å². The van der Waals surface area contributed by atoms with Crippen molar-refractivity contribution in [3.05, 3.63) is 22.4 Å². The SMILES string of the molecule is CCNC(=NCC(c1cccs1)N1CCC(C)CC1)NCCS(=O)C(C)(C)C. The molecule has 1 aromatic heterocycles. The molecule has 7 heteroatoms. The molecule has 5 nitrogen and oxygen atoms in total. The first kappa shape index (κ1) is 23.4. The number of hydrogen-bond acceptors (Lipinski definition) is 4. The van der Waals surface area contributed by atoms with Crippen molar-refractivity contribution in [3.63, 3.8) is 0 Å². The maximum Gasteiger partial charge on any atom is 0.191 e. The molecule has 1 aromatic rings. The summed E-state index contributed by atoms with van der Waals surface area (Å²) in [6.07, 6.45) is 2.53. The predicted octanol–water partition coefficient (Wildman–Crippen LogP) is 3.62. The Hall–Kier alpha value is -0.920. The Morgan fingerprint density at radius 2 is 2.07 bits per heavy atom. The van der Waals surface area contributed by atoms with Crippen LogP contribution in [-0.2, 0) is 10.8 Å². The number of piperidine rings is 1. The van der Waals surface area contributed by atoms with E-state index in [2.05, 4.69) is 46.9 Å². The van der Waals surface area contributed by atoms with Crippen molar-refractivity contribution in [1.29, 1.82) is 0 Å². The van der Waals surface area contributed by atoms with E-state index in [1.54, 1.807) is 0 Å².